The number of aliphatic hydroxyl groups is 3. The van der Waals surface area contributed by atoms with E-state index in [9.17, 15) is 10.2 Å². The molecular weight excluding hydrogens is 180 g/mol. The number of hydrogen-bond donors (Lipinski definition) is 4. The van der Waals surface area contributed by atoms with E-state index in [0.29, 0.717) is 0 Å². The highest BCUT2D eigenvalue weighted by Gasteiger charge is 2.40. The summed E-state index contributed by atoms with van der Waals surface area (Å²) >= 11 is 4.06. The first-order valence-electron chi connectivity index (χ1n) is 3.88. The lowest BCUT2D eigenvalue weighted by atomic mass is 9.94. The van der Waals surface area contributed by atoms with Gasteiger partial charge >= 0.3 is 0 Å². The van der Waals surface area contributed by atoms with Crippen LogP contribution in [0.15, 0.2) is 0 Å². The van der Waals surface area contributed by atoms with Crippen molar-refractivity contribution in [2.75, 3.05) is 6.61 Å². The maximum atomic E-state index is 9.43. The minimum Gasteiger partial charge on any atom is -0.394 e. The third kappa shape index (κ3) is 1.75. The highest BCUT2D eigenvalue weighted by Crippen LogP contribution is 2.27. The Hall–Kier alpha value is 0.190. The first-order chi connectivity index (χ1) is 5.57. The fourth-order valence-corrected chi connectivity index (χ4v) is 1.57. The second-order valence-corrected chi connectivity index (χ2v) is 3.60. The molecule has 12 heavy (non-hydrogen) atoms. The molecule has 1 heterocycles. The average molecular weight is 194 g/mol. The second-order valence-electron chi connectivity index (χ2n) is 3.09. The molecule has 0 aliphatic carbocycles. The Bertz CT molecular complexity index is 150. The van der Waals surface area contributed by atoms with E-state index in [1.54, 1.807) is 6.92 Å². The summed E-state index contributed by atoms with van der Waals surface area (Å²) in [5.41, 5.74) is -0.430. The van der Waals surface area contributed by atoms with Gasteiger partial charge in [-0.25, -0.2) is 0 Å². The van der Waals surface area contributed by atoms with Gasteiger partial charge in [0.05, 0.1) is 12.7 Å². The zero-order valence-electron chi connectivity index (χ0n) is 6.79. The van der Waals surface area contributed by atoms with Crippen molar-refractivity contribution >= 4 is 12.6 Å². The standard InChI is InChI=1S/C7H14O4S/c1-3-5(9)6(10)4(2-8)11-7(3)12/h3-10,12H,2H2,1H3/t3-,4?,5?,6+,7-/m0/s1. The van der Waals surface area contributed by atoms with Gasteiger partial charge in [0, 0.05) is 5.92 Å². The smallest absolute Gasteiger partial charge is 0.110 e. The van der Waals surface area contributed by atoms with Crippen LogP contribution in [0.5, 0.6) is 0 Å². The summed E-state index contributed by atoms with van der Waals surface area (Å²) < 4.78 is 5.13. The monoisotopic (exact) mass is 194 g/mol. The minimum atomic E-state index is -1.02. The molecule has 4 nitrogen and oxygen atoms in total. The lowest BCUT2D eigenvalue weighted by molar-refractivity contribution is -0.180. The Balaban J connectivity index is 2.63. The Labute approximate surface area is 76.6 Å². The summed E-state index contributed by atoms with van der Waals surface area (Å²) in [6.45, 7) is 1.43. The van der Waals surface area contributed by atoms with E-state index in [4.69, 9.17) is 9.84 Å². The maximum absolute atomic E-state index is 9.43. The van der Waals surface area contributed by atoms with Crippen LogP contribution < -0.4 is 0 Å². The van der Waals surface area contributed by atoms with Crippen molar-refractivity contribution in [3.05, 3.63) is 0 Å². The molecule has 1 fully saturated rings. The van der Waals surface area contributed by atoms with Gasteiger partial charge in [-0.05, 0) is 0 Å². The van der Waals surface area contributed by atoms with Gasteiger partial charge in [-0.1, -0.05) is 6.92 Å². The molecule has 2 unspecified atom stereocenters. The van der Waals surface area contributed by atoms with Crippen molar-refractivity contribution in [2.24, 2.45) is 5.92 Å². The molecule has 0 aromatic heterocycles. The average Bonchev–Trinajstić information content (AvgIpc) is 2.08. The Morgan fingerprint density at radius 2 is 1.92 bits per heavy atom. The van der Waals surface area contributed by atoms with E-state index in [0.717, 1.165) is 0 Å². The molecule has 1 aliphatic rings. The molecule has 3 N–H and O–H groups in total. The van der Waals surface area contributed by atoms with E-state index in [1.807, 2.05) is 0 Å². The molecule has 72 valence electrons. The van der Waals surface area contributed by atoms with Crippen molar-refractivity contribution in [1.29, 1.82) is 0 Å². The molecule has 0 radical (unpaired) electrons. The van der Waals surface area contributed by atoms with Crippen molar-refractivity contribution in [3.63, 3.8) is 0 Å². The SMILES string of the molecule is C[C@H]1C(O)[C@H](O)C(CO)O[C@H]1S. The van der Waals surface area contributed by atoms with Gasteiger partial charge in [-0.3, -0.25) is 0 Å². The first kappa shape index (κ1) is 10.3. The van der Waals surface area contributed by atoms with Gasteiger partial charge in [0.15, 0.2) is 0 Å². The fraction of sp³-hybridized carbons (Fsp3) is 1.00. The van der Waals surface area contributed by atoms with Gasteiger partial charge in [-0.2, -0.15) is 0 Å². The predicted octanol–water partition coefficient (Wildman–Crippen LogP) is -1.01. The summed E-state index contributed by atoms with van der Waals surface area (Å²) in [5.74, 6) is -0.230. The van der Waals surface area contributed by atoms with Crippen LogP contribution in [0.4, 0.5) is 0 Å². The van der Waals surface area contributed by atoms with Crippen LogP contribution in [0.2, 0.25) is 0 Å². The molecule has 0 spiro atoms. The van der Waals surface area contributed by atoms with Crippen molar-refractivity contribution in [3.8, 4) is 0 Å². The Morgan fingerprint density at radius 3 is 2.42 bits per heavy atom. The molecule has 5 heteroatoms. The molecular formula is C7H14O4S. The zero-order chi connectivity index (χ0) is 9.30. The molecule has 1 rings (SSSR count). The van der Waals surface area contributed by atoms with Crippen LogP contribution in [0.25, 0.3) is 0 Å². The van der Waals surface area contributed by atoms with E-state index < -0.39 is 23.7 Å². The van der Waals surface area contributed by atoms with Crippen molar-refractivity contribution in [2.45, 2.75) is 30.7 Å². The Kier molecular flexibility index (Phi) is 3.37. The molecule has 0 saturated carbocycles. The molecule has 0 bridgehead atoms. The van der Waals surface area contributed by atoms with Crippen LogP contribution in [0.1, 0.15) is 6.92 Å². The third-order valence-electron chi connectivity index (χ3n) is 2.21. The summed E-state index contributed by atoms with van der Waals surface area (Å²) in [7, 11) is 0. The predicted molar refractivity (Wildman–Crippen MR) is 45.9 cm³/mol. The second kappa shape index (κ2) is 3.93. The van der Waals surface area contributed by atoms with Crippen LogP contribution in [0, 0.1) is 5.92 Å². The number of thiol groups is 1. The van der Waals surface area contributed by atoms with Gasteiger partial charge in [0.2, 0.25) is 0 Å². The van der Waals surface area contributed by atoms with Crippen LogP contribution in [-0.4, -0.2) is 45.7 Å². The van der Waals surface area contributed by atoms with E-state index >= 15 is 0 Å². The largest absolute Gasteiger partial charge is 0.394 e. The van der Waals surface area contributed by atoms with Crippen molar-refractivity contribution < 1.29 is 20.1 Å². The Morgan fingerprint density at radius 1 is 1.33 bits per heavy atom. The summed E-state index contributed by atoms with van der Waals surface area (Å²) in [6, 6.07) is 0. The molecule has 0 amide bonds. The zero-order valence-corrected chi connectivity index (χ0v) is 7.69. The quantitative estimate of drug-likeness (QED) is 0.404. The summed E-state index contributed by atoms with van der Waals surface area (Å²) in [5, 5.41) is 27.5. The molecule has 1 aliphatic heterocycles. The first-order valence-corrected chi connectivity index (χ1v) is 4.40. The highest BCUT2D eigenvalue weighted by molar-refractivity contribution is 7.80. The normalized spacial score (nSPS) is 49.2. The van der Waals surface area contributed by atoms with E-state index in [-0.39, 0.29) is 12.5 Å². The van der Waals surface area contributed by atoms with Gasteiger partial charge in [0.25, 0.3) is 0 Å². The maximum Gasteiger partial charge on any atom is 0.110 e. The number of hydrogen-bond acceptors (Lipinski definition) is 5. The number of aliphatic hydroxyl groups excluding tert-OH is 3. The topological polar surface area (TPSA) is 69.9 Å². The van der Waals surface area contributed by atoms with Crippen LogP contribution in [-0.2, 0) is 4.74 Å². The number of rotatable bonds is 1. The van der Waals surface area contributed by atoms with Crippen molar-refractivity contribution in [1.82, 2.24) is 0 Å². The van der Waals surface area contributed by atoms with Gasteiger partial charge in [-0.15, -0.1) is 12.6 Å². The molecule has 5 atom stereocenters. The van der Waals surface area contributed by atoms with Gasteiger partial charge < -0.3 is 20.1 Å². The fourth-order valence-electron chi connectivity index (χ4n) is 1.23. The third-order valence-corrected chi connectivity index (χ3v) is 2.81. The number of ether oxygens (including phenoxy) is 1. The van der Waals surface area contributed by atoms with E-state index in [2.05, 4.69) is 12.6 Å². The van der Waals surface area contributed by atoms with Gasteiger partial charge in [0.1, 0.15) is 17.6 Å². The molecule has 0 aromatic rings. The lowest BCUT2D eigenvalue weighted by Gasteiger charge is -2.38. The molecule has 0 aromatic carbocycles. The minimum absolute atomic E-state index is 0.230. The summed E-state index contributed by atoms with van der Waals surface area (Å²) in [4.78, 5) is 0. The van der Waals surface area contributed by atoms with Crippen LogP contribution >= 0.6 is 12.6 Å². The van der Waals surface area contributed by atoms with E-state index in [1.165, 1.54) is 0 Å². The lowest BCUT2D eigenvalue weighted by Crippen LogP contribution is -2.53. The van der Waals surface area contributed by atoms with Crippen LogP contribution in [0.3, 0.4) is 0 Å². The summed E-state index contributed by atoms with van der Waals surface area (Å²) in [6.07, 6.45) is -2.62. The highest BCUT2D eigenvalue weighted by atomic mass is 32.1. The molecule has 1 saturated heterocycles.